The van der Waals surface area contributed by atoms with Gasteiger partial charge in [-0.2, -0.15) is 0 Å². The van der Waals surface area contributed by atoms with Crippen molar-refractivity contribution in [1.29, 1.82) is 0 Å². The molecule has 2 heterocycles. The van der Waals surface area contributed by atoms with Crippen LogP contribution >= 0.6 is 0 Å². The van der Waals surface area contributed by atoms with Gasteiger partial charge in [0.05, 0.1) is 6.26 Å². The smallest absolute Gasteiger partial charge is 0.237 e. The fourth-order valence-electron chi connectivity index (χ4n) is 1.52. The number of aromatic nitrogens is 2. The maximum absolute atomic E-state index is 11.4. The van der Waals surface area contributed by atoms with Gasteiger partial charge in [-0.3, -0.25) is 0 Å². The molecular weight excluding hydrogens is 214 g/mol. The Morgan fingerprint density at radius 3 is 2.80 bits per heavy atom. The van der Waals surface area contributed by atoms with E-state index < -0.39 is 10.0 Å². The van der Waals surface area contributed by atoms with Crippen LogP contribution in [0.2, 0.25) is 0 Å². The van der Waals surface area contributed by atoms with Gasteiger partial charge in [-0.15, -0.1) is 0 Å². The van der Waals surface area contributed by atoms with Crippen LogP contribution in [0.5, 0.6) is 0 Å². The molecule has 0 amide bonds. The van der Waals surface area contributed by atoms with E-state index in [1.165, 1.54) is 6.20 Å². The topological polar surface area (TPSA) is 78.0 Å². The second-order valence-corrected chi connectivity index (χ2v) is 5.15. The van der Waals surface area contributed by atoms with Crippen LogP contribution in [-0.2, 0) is 16.6 Å². The molecule has 0 bridgehead atoms. The van der Waals surface area contributed by atoms with E-state index >= 15 is 0 Å². The predicted octanol–water partition coefficient (Wildman–Crippen LogP) is 0.303. The summed E-state index contributed by atoms with van der Waals surface area (Å²) in [6.45, 7) is 0.368. The van der Waals surface area contributed by atoms with E-state index in [0.29, 0.717) is 12.2 Å². The highest BCUT2D eigenvalue weighted by atomic mass is 32.2. The summed E-state index contributed by atoms with van der Waals surface area (Å²) in [5.74, 6) is 0. The van der Waals surface area contributed by atoms with Crippen LogP contribution in [0.1, 0.15) is 5.56 Å². The standard InChI is InChI=1S/C9H11N3O2S/c1-15(13,14)12-5-3-8-7(6-10)2-4-11-9(8)12/h2-5H,6,10H2,1H3. The molecule has 15 heavy (non-hydrogen) atoms. The van der Waals surface area contributed by atoms with E-state index in [9.17, 15) is 8.42 Å². The Hall–Kier alpha value is -1.40. The quantitative estimate of drug-likeness (QED) is 0.797. The Morgan fingerprint density at radius 2 is 2.20 bits per heavy atom. The molecule has 2 rings (SSSR count). The fourth-order valence-corrected chi connectivity index (χ4v) is 2.26. The molecule has 0 aliphatic heterocycles. The minimum atomic E-state index is -3.30. The first-order valence-corrected chi connectivity index (χ1v) is 6.24. The van der Waals surface area contributed by atoms with E-state index in [-0.39, 0.29) is 0 Å². The summed E-state index contributed by atoms with van der Waals surface area (Å²) in [6, 6.07) is 3.50. The van der Waals surface area contributed by atoms with Crippen molar-refractivity contribution >= 4 is 21.1 Å². The molecule has 0 spiro atoms. The first-order valence-electron chi connectivity index (χ1n) is 4.39. The first-order chi connectivity index (χ1) is 7.04. The van der Waals surface area contributed by atoms with Gasteiger partial charge in [0.1, 0.15) is 0 Å². The summed E-state index contributed by atoms with van der Waals surface area (Å²) >= 11 is 0. The zero-order valence-corrected chi connectivity index (χ0v) is 9.03. The Kier molecular flexibility index (Phi) is 2.24. The summed E-state index contributed by atoms with van der Waals surface area (Å²) in [5.41, 5.74) is 6.87. The van der Waals surface area contributed by atoms with Crippen LogP contribution in [0, 0.1) is 0 Å². The maximum atomic E-state index is 11.4. The number of pyridine rings is 1. The molecule has 0 atom stereocenters. The summed E-state index contributed by atoms with van der Waals surface area (Å²) in [4.78, 5) is 4.04. The van der Waals surface area contributed by atoms with Crippen LogP contribution in [0.3, 0.4) is 0 Å². The predicted molar refractivity (Wildman–Crippen MR) is 57.9 cm³/mol. The SMILES string of the molecule is CS(=O)(=O)n1ccc2c(CN)ccnc21. The van der Waals surface area contributed by atoms with Crippen LogP contribution in [0.25, 0.3) is 11.0 Å². The van der Waals surface area contributed by atoms with Gasteiger partial charge in [-0.25, -0.2) is 17.4 Å². The highest BCUT2D eigenvalue weighted by Gasteiger charge is 2.12. The van der Waals surface area contributed by atoms with Gasteiger partial charge in [-0.1, -0.05) is 0 Å². The molecule has 0 saturated heterocycles. The van der Waals surface area contributed by atoms with Gasteiger partial charge < -0.3 is 5.73 Å². The Bertz CT molecular complexity index is 601. The van der Waals surface area contributed by atoms with Crippen molar-refractivity contribution in [3.8, 4) is 0 Å². The average molecular weight is 225 g/mol. The van der Waals surface area contributed by atoms with Crippen LogP contribution in [0.15, 0.2) is 24.5 Å². The molecule has 2 N–H and O–H groups in total. The largest absolute Gasteiger partial charge is 0.326 e. The van der Waals surface area contributed by atoms with E-state index in [0.717, 1.165) is 21.2 Å². The summed E-state index contributed by atoms with van der Waals surface area (Å²) < 4.78 is 24.0. The lowest BCUT2D eigenvalue weighted by molar-refractivity contribution is 0.595. The average Bonchev–Trinajstić information content (AvgIpc) is 2.59. The van der Waals surface area contributed by atoms with Crippen molar-refractivity contribution in [1.82, 2.24) is 8.96 Å². The molecular formula is C9H11N3O2S. The lowest BCUT2D eigenvalue weighted by Crippen LogP contribution is -2.09. The van der Waals surface area contributed by atoms with Crippen LogP contribution < -0.4 is 5.73 Å². The van der Waals surface area contributed by atoms with Crippen LogP contribution in [-0.4, -0.2) is 23.6 Å². The fraction of sp³-hybridized carbons (Fsp3) is 0.222. The Morgan fingerprint density at radius 1 is 1.47 bits per heavy atom. The van der Waals surface area contributed by atoms with Crippen molar-refractivity contribution in [3.63, 3.8) is 0 Å². The highest BCUT2D eigenvalue weighted by Crippen LogP contribution is 2.18. The third-order valence-electron chi connectivity index (χ3n) is 2.22. The summed E-state index contributed by atoms with van der Waals surface area (Å²) in [7, 11) is -3.30. The summed E-state index contributed by atoms with van der Waals surface area (Å²) in [6.07, 6.45) is 4.20. The van der Waals surface area contributed by atoms with Crippen molar-refractivity contribution < 1.29 is 8.42 Å². The summed E-state index contributed by atoms with van der Waals surface area (Å²) in [5, 5.41) is 0.783. The highest BCUT2D eigenvalue weighted by molar-refractivity contribution is 7.89. The zero-order valence-electron chi connectivity index (χ0n) is 8.21. The number of fused-ring (bicyclic) bond motifs is 1. The number of nitrogens with zero attached hydrogens (tertiary/aromatic N) is 2. The number of nitrogens with two attached hydrogens (primary N) is 1. The van der Waals surface area contributed by atoms with E-state index in [1.807, 2.05) is 0 Å². The van der Waals surface area contributed by atoms with Gasteiger partial charge in [0, 0.05) is 24.3 Å². The van der Waals surface area contributed by atoms with Crippen molar-refractivity contribution in [2.45, 2.75) is 6.54 Å². The lowest BCUT2D eigenvalue weighted by Gasteiger charge is -2.02. The minimum Gasteiger partial charge on any atom is -0.326 e. The molecule has 0 aliphatic rings. The Labute approximate surface area is 87.6 Å². The Balaban J connectivity index is 2.83. The van der Waals surface area contributed by atoms with Gasteiger partial charge >= 0.3 is 0 Å². The second-order valence-electron chi connectivity index (χ2n) is 3.29. The van der Waals surface area contributed by atoms with Gasteiger partial charge in [-0.05, 0) is 17.7 Å². The molecule has 6 heteroatoms. The lowest BCUT2D eigenvalue weighted by atomic mass is 10.2. The van der Waals surface area contributed by atoms with E-state index in [4.69, 9.17) is 5.73 Å². The number of hydrogen-bond acceptors (Lipinski definition) is 4. The molecule has 0 unspecified atom stereocenters. The third-order valence-corrected chi connectivity index (χ3v) is 3.23. The second kappa shape index (κ2) is 3.32. The first kappa shape index (κ1) is 10.1. The zero-order chi connectivity index (χ0) is 11.1. The normalized spacial score (nSPS) is 12.1. The minimum absolute atomic E-state index is 0.368. The molecule has 0 aliphatic carbocycles. The third kappa shape index (κ3) is 1.62. The molecule has 0 fully saturated rings. The van der Waals surface area contributed by atoms with Crippen molar-refractivity contribution in [2.75, 3.05) is 6.26 Å². The van der Waals surface area contributed by atoms with E-state index in [1.54, 1.807) is 18.3 Å². The molecule has 5 nitrogen and oxygen atoms in total. The molecule has 2 aromatic rings. The van der Waals surface area contributed by atoms with Gasteiger partial charge in [0.15, 0.2) is 5.65 Å². The van der Waals surface area contributed by atoms with Gasteiger partial charge in [0.25, 0.3) is 0 Å². The molecule has 0 radical (unpaired) electrons. The number of rotatable bonds is 2. The van der Waals surface area contributed by atoms with Crippen molar-refractivity contribution in [2.24, 2.45) is 5.73 Å². The molecule has 0 aromatic carbocycles. The van der Waals surface area contributed by atoms with Crippen molar-refractivity contribution in [3.05, 3.63) is 30.1 Å². The monoisotopic (exact) mass is 225 g/mol. The molecule has 80 valence electrons. The maximum Gasteiger partial charge on any atom is 0.237 e. The van der Waals surface area contributed by atoms with Gasteiger partial charge in [0.2, 0.25) is 10.0 Å². The molecule has 2 aromatic heterocycles. The van der Waals surface area contributed by atoms with Crippen LogP contribution in [0.4, 0.5) is 0 Å². The molecule has 0 saturated carbocycles. The van der Waals surface area contributed by atoms with E-state index in [2.05, 4.69) is 4.98 Å². The number of hydrogen-bond donors (Lipinski definition) is 1.